The highest BCUT2D eigenvalue weighted by molar-refractivity contribution is 9.10. The van der Waals surface area contributed by atoms with Gasteiger partial charge in [-0.3, -0.25) is 0 Å². The third kappa shape index (κ3) is 3.33. The van der Waals surface area contributed by atoms with E-state index in [1.165, 1.54) is 0 Å². The van der Waals surface area contributed by atoms with Gasteiger partial charge in [-0.1, -0.05) is 18.2 Å². The molecule has 0 aromatic heterocycles. The molecule has 0 radical (unpaired) electrons. The van der Waals surface area contributed by atoms with Gasteiger partial charge in [0.2, 0.25) is 0 Å². The molecule has 0 unspecified atom stereocenters. The highest BCUT2D eigenvalue weighted by atomic mass is 79.9. The number of hydrogen-bond acceptors (Lipinski definition) is 2. The molecule has 0 heterocycles. The highest BCUT2D eigenvalue weighted by Crippen LogP contribution is 2.28. The topological polar surface area (TPSA) is 35.2 Å². The first-order valence-corrected chi connectivity index (χ1v) is 5.25. The van der Waals surface area contributed by atoms with Crippen molar-refractivity contribution in [3.63, 3.8) is 0 Å². The van der Waals surface area contributed by atoms with Crippen molar-refractivity contribution in [3.8, 4) is 5.75 Å². The van der Waals surface area contributed by atoms with Crippen LogP contribution in [0, 0.1) is 0 Å². The zero-order valence-electron chi connectivity index (χ0n) is 7.59. The molecule has 14 heavy (non-hydrogen) atoms. The SMILES string of the molecule is C=C(CN)COc1ccc(Cl)cc1Br. The van der Waals surface area contributed by atoms with Crippen molar-refractivity contribution in [1.82, 2.24) is 0 Å². The van der Waals surface area contributed by atoms with E-state index in [1.54, 1.807) is 18.2 Å². The maximum absolute atomic E-state index is 5.78. The molecule has 0 spiro atoms. The van der Waals surface area contributed by atoms with Crippen molar-refractivity contribution in [2.45, 2.75) is 0 Å². The van der Waals surface area contributed by atoms with Crippen molar-refractivity contribution in [2.24, 2.45) is 5.73 Å². The van der Waals surface area contributed by atoms with E-state index in [4.69, 9.17) is 22.1 Å². The molecule has 2 nitrogen and oxygen atoms in total. The molecule has 0 aliphatic carbocycles. The average Bonchev–Trinajstić information content (AvgIpc) is 2.16. The first-order valence-electron chi connectivity index (χ1n) is 4.08. The minimum atomic E-state index is 0.427. The maximum atomic E-state index is 5.78. The Morgan fingerprint density at radius 2 is 2.29 bits per heavy atom. The van der Waals surface area contributed by atoms with Gasteiger partial charge < -0.3 is 10.5 Å². The summed E-state index contributed by atoms with van der Waals surface area (Å²) in [5.74, 6) is 0.740. The molecule has 0 fully saturated rings. The van der Waals surface area contributed by atoms with Crippen LogP contribution >= 0.6 is 27.5 Å². The van der Waals surface area contributed by atoms with E-state index < -0.39 is 0 Å². The third-order valence-corrected chi connectivity index (χ3v) is 2.47. The molecule has 2 N–H and O–H groups in total. The summed E-state index contributed by atoms with van der Waals surface area (Å²) in [7, 11) is 0. The van der Waals surface area contributed by atoms with Crippen LogP contribution in [-0.4, -0.2) is 13.2 Å². The van der Waals surface area contributed by atoms with Crippen molar-refractivity contribution in [3.05, 3.63) is 39.8 Å². The van der Waals surface area contributed by atoms with Gasteiger partial charge in [0, 0.05) is 11.6 Å². The van der Waals surface area contributed by atoms with E-state index in [1.807, 2.05) is 0 Å². The Labute approximate surface area is 96.8 Å². The Hall–Kier alpha value is -0.510. The zero-order valence-corrected chi connectivity index (χ0v) is 9.94. The Bertz CT molecular complexity index is 341. The van der Waals surface area contributed by atoms with E-state index in [-0.39, 0.29) is 0 Å². The number of rotatable bonds is 4. The number of nitrogens with two attached hydrogens (primary N) is 1. The predicted molar refractivity (Wildman–Crippen MR) is 62.8 cm³/mol. The van der Waals surface area contributed by atoms with Gasteiger partial charge in [-0.2, -0.15) is 0 Å². The third-order valence-electron chi connectivity index (χ3n) is 1.61. The van der Waals surface area contributed by atoms with E-state index in [0.29, 0.717) is 18.2 Å². The lowest BCUT2D eigenvalue weighted by Gasteiger charge is -2.08. The summed E-state index contributed by atoms with van der Waals surface area (Å²) < 4.78 is 6.29. The van der Waals surface area contributed by atoms with Crippen LogP contribution in [0.1, 0.15) is 0 Å². The van der Waals surface area contributed by atoms with Crippen molar-refractivity contribution >= 4 is 27.5 Å². The van der Waals surface area contributed by atoms with Crippen molar-refractivity contribution < 1.29 is 4.74 Å². The van der Waals surface area contributed by atoms with E-state index in [2.05, 4.69) is 22.5 Å². The van der Waals surface area contributed by atoms with Crippen LogP contribution in [0.25, 0.3) is 0 Å². The van der Waals surface area contributed by atoms with E-state index >= 15 is 0 Å². The van der Waals surface area contributed by atoms with Gasteiger partial charge in [-0.15, -0.1) is 0 Å². The smallest absolute Gasteiger partial charge is 0.134 e. The standard InChI is InChI=1S/C10H11BrClNO/c1-7(5-13)6-14-10-3-2-8(12)4-9(10)11/h2-4H,1,5-6,13H2. The van der Waals surface area contributed by atoms with E-state index in [9.17, 15) is 0 Å². The van der Waals surface area contributed by atoms with Gasteiger partial charge in [0.15, 0.2) is 0 Å². The Morgan fingerprint density at radius 1 is 1.57 bits per heavy atom. The van der Waals surface area contributed by atoms with Gasteiger partial charge in [0.25, 0.3) is 0 Å². The molecule has 0 aliphatic rings. The van der Waals surface area contributed by atoms with Crippen LogP contribution in [0.3, 0.4) is 0 Å². The average molecular weight is 277 g/mol. The molecular weight excluding hydrogens is 265 g/mol. The molecule has 4 heteroatoms. The summed E-state index contributed by atoms with van der Waals surface area (Å²) in [5.41, 5.74) is 6.24. The van der Waals surface area contributed by atoms with Gasteiger partial charge in [0.05, 0.1) is 4.47 Å². The largest absolute Gasteiger partial charge is 0.488 e. The van der Waals surface area contributed by atoms with Crippen molar-refractivity contribution in [2.75, 3.05) is 13.2 Å². The van der Waals surface area contributed by atoms with Gasteiger partial charge >= 0.3 is 0 Å². The molecule has 0 saturated carbocycles. The van der Waals surface area contributed by atoms with Crippen LogP contribution < -0.4 is 10.5 Å². The minimum absolute atomic E-state index is 0.427. The van der Waals surface area contributed by atoms with Crippen LogP contribution in [0.4, 0.5) is 0 Å². The number of hydrogen-bond donors (Lipinski definition) is 1. The maximum Gasteiger partial charge on any atom is 0.134 e. The zero-order chi connectivity index (χ0) is 10.6. The fraction of sp³-hybridized carbons (Fsp3) is 0.200. The second-order valence-corrected chi connectivity index (χ2v) is 4.11. The lowest BCUT2D eigenvalue weighted by Crippen LogP contribution is -2.09. The summed E-state index contributed by atoms with van der Waals surface area (Å²) in [6.07, 6.45) is 0. The molecule has 0 aliphatic heterocycles. The quantitative estimate of drug-likeness (QED) is 0.858. The molecule has 1 aromatic rings. The monoisotopic (exact) mass is 275 g/mol. The lowest BCUT2D eigenvalue weighted by molar-refractivity contribution is 0.348. The molecule has 0 atom stereocenters. The second-order valence-electron chi connectivity index (χ2n) is 2.82. The fourth-order valence-electron chi connectivity index (χ4n) is 0.831. The van der Waals surface area contributed by atoms with Crippen LogP contribution in [-0.2, 0) is 0 Å². The highest BCUT2D eigenvalue weighted by Gasteiger charge is 2.01. The molecule has 0 amide bonds. The van der Waals surface area contributed by atoms with Crippen molar-refractivity contribution in [1.29, 1.82) is 0 Å². The molecule has 1 rings (SSSR count). The first kappa shape index (κ1) is 11.6. The fourth-order valence-corrected chi connectivity index (χ4v) is 1.63. The van der Waals surface area contributed by atoms with Crippen LogP contribution in [0.5, 0.6) is 5.75 Å². The second kappa shape index (κ2) is 5.39. The summed E-state index contributed by atoms with van der Waals surface area (Å²) in [4.78, 5) is 0. The van der Waals surface area contributed by atoms with Crippen LogP contribution in [0.15, 0.2) is 34.8 Å². The Balaban J connectivity index is 2.63. The Kier molecular flexibility index (Phi) is 4.45. The number of benzene rings is 1. The number of halogens is 2. The van der Waals surface area contributed by atoms with Gasteiger partial charge in [0.1, 0.15) is 12.4 Å². The molecular formula is C10H11BrClNO. The first-order chi connectivity index (χ1) is 6.63. The number of ether oxygens (including phenoxy) is 1. The summed E-state index contributed by atoms with van der Waals surface area (Å²) in [6.45, 7) is 4.61. The predicted octanol–water partition coefficient (Wildman–Crippen LogP) is 3.00. The molecule has 76 valence electrons. The van der Waals surface area contributed by atoms with Crippen LogP contribution in [0.2, 0.25) is 5.02 Å². The normalized spacial score (nSPS) is 9.93. The molecule has 1 aromatic carbocycles. The molecule has 0 bridgehead atoms. The lowest BCUT2D eigenvalue weighted by atomic mass is 10.3. The Morgan fingerprint density at radius 3 is 2.86 bits per heavy atom. The van der Waals surface area contributed by atoms with Gasteiger partial charge in [-0.05, 0) is 39.7 Å². The minimum Gasteiger partial charge on any atom is -0.488 e. The van der Waals surface area contributed by atoms with E-state index in [0.717, 1.165) is 15.8 Å². The summed E-state index contributed by atoms with van der Waals surface area (Å²) in [6, 6.07) is 5.35. The summed E-state index contributed by atoms with van der Waals surface area (Å²) >= 11 is 9.13. The summed E-state index contributed by atoms with van der Waals surface area (Å²) in [5, 5.41) is 0.668. The van der Waals surface area contributed by atoms with Gasteiger partial charge in [-0.25, -0.2) is 0 Å². The molecule has 0 saturated heterocycles.